The number of rotatable bonds is 4. The molecule has 0 radical (unpaired) electrons. The van der Waals surface area contributed by atoms with Gasteiger partial charge >= 0.3 is 0 Å². The van der Waals surface area contributed by atoms with Gasteiger partial charge in [0.05, 0.1) is 0 Å². The molecular formula is C16H26N2. The lowest BCUT2D eigenvalue weighted by molar-refractivity contribution is 0.457. The molecule has 1 atom stereocenters. The van der Waals surface area contributed by atoms with Crippen LogP contribution in [0, 0.1) is 5.92 Å². The molecule has 2 nitrogen and oxygen atoms in total. The van der Waals surface area contributed by atoms with E-state index < -0.39 is 0 Å². The molecule has 2 rings (SSSR count). The lowest BCUT2D eigenvalue weighted by atomic mass is 10.0. The Morgan fingerprint density at radius 1 is 1.28 bits per heavy atom. The summed E-state index contributed by atoms with van der Waals surface area (Å²) in [5, 5.41) is 7.16. The molecule has 0 saturated carbocycles. The van der Waals surface area contributed by atoms with Crippen molar-refractivity contribution in [3.63, 3.8) is 0 Å². The van der Waals surface area contributed by atoms with Gasteiger partial charge < -0.3 is 10.6 Å². The van der Waals surface area contributed by atoms with Gasteiger partial charge in [0.15, 0.2) is 0 Å². The molecule has 1 fully saturated rings. The zero-order valence-electron chi connectivity index (χ0n) is 12.1. The Kier molecular flexibility index (Phi) is 3.96. The maximum Gasteiger partial charge on any atom is 0.0403 e. The van der Waals surface area contributed by atoms with Crippen LogP contribution in [0.4, 0.5) is 5.69 Å². The van der Waals surface area contributed by atoms with Crippen molar-refractivity contribution >= 4 is 5.69 Å². The Balaban J connectivity index is 1.91. The van der Waals surface area contributed by atoms with Crippen molar-refractivity contribution in [2.75, 3.05) is 11.9 Å². The van der Waals surface area contributed by atoms with Crippen molar-refractivity contribution in [2.24, 2.45) is 5.92 Å². The predicted octanol–water partition coefficient (Wildman–Crippen LogP) is 3.44. The quantitative estimate of drug-likeness (QED) is 0.850. The Labute approximate surface area is 111 Å². The van der Waals surface area contributed by atoms with Crippen LogP contribution < -0.4 is 10.6 Å². The molecule has 0 aromatic heterocycles. The maximum absolute atomic E-state index is 3.61. The predicted molar refractivity (Wildman–Crippen MR) is 79.1 cm³/mol. The molecule has 1 aliphatic rings. The van der Waals surface area contributed by atoms with Crippen molar-refractivity contribution in [1.29, 1.82) is 0 Å². The van der Waals surface area contributed by atoms with Crippen LogP contribution in [0.15, 0.2) is 24.3 Å². The standard InChI is InChI=1S/C16H26N2/c1-12(2)9-13-5-7-14(8-6-13)18-15-10-16(3,4)17-11-15/h5-8,12,15,17-18H,9-11H2,1-4H3. The van der Waals surface area contributed by atoms with Gasteiger partial charge in [0.1, 0.15) is 0 Å². The van der Waals surface area contributed by atoms with Crippen LogP contribution in [-0.4, -0.2) is 18.1 Å². The minimum Gasteiger partial charge on any atom is -0.381 e. The van der Waals surface area contributed by atoms with E-state index in [2.05, 4.69) is 62.6 Å². The van der Waals surface area contributed by atoms with Crippen LogP contribution in [0.3, 0.4) is 0 Å². The van der Waals surface area contributed by atoms with Crippen LogP contribution in [0.5, 0.6) is 0 Å². The molecule has 0 amide bonds. The number of nitrogens with one attached hydrogen (secondary N) is 2. The van der Waals surface area contributed by atoms with E-state index in [1.165, 1.54) is 17.7 Å². The smallest absolute Gasteiger partial charge is 0.0403 e. The highest BCUT2D eigenvalue weighted by molar-refractivity contribution is 5.46. The molecule has 1 aromatic carbocycles. The molecule has 0 bridgehead atoms. The van der Waals surface area contributed by atoms with Gasteiger partial charge in [-0.05, 0) is 50.3 Å². The molecule has 1 heterocycles. The second-order valence-corrected chi connectivity index (χ2v) is 6.61. The normalized spacial score (nSPS) is 22.4. The van der Waals surface area contributed by atoms with Gasteiger partial charge in [-0.3, -0.25) is 0 Å². The van der Waals surface area contributed by atoms with Crippen molar-refractivity contribution in [3.8, 4) is 0 Å². The molecule has 1 aliphatic heterocycles. The highest BCUT2D eigenvalue weighted by atomic mass is 15.1. The summed E-state index contributed by atoms with van der Waals surface area (Å²) in [5.74, 6) is 0.726. The van der Waals surface area contributed by atoms with Gasteiger partial charge in [0, 0.05) is 23.8 Å². The van der Waals surface area contributed by atoms with E-state index in [0.29, 0.717) is 6.04 Å². The zero-order chi connectivity index (χ0) is 13.2. The Hall–Kier alpha value is -1.02. The first-order valence-corrected chi connectivity index (χ1v) is 7.05. The van der Waals surface area contributed by atoms with Crippen LogP contribution in [0.1, 0.15) is 39.7 Å². The highest BCUT2D eigenvalue weighted by Crippen LogP contribution is 2.22. The Morgan fingerprint density at radius 3 is 2.44 bits per heavy atom. The number of benzene rings is 1. The van der Waals surface area contributed by atoms with E-state index in [9.17, 15) is 0 Å². The van der Waals surface area contributed by atoms with Crippen molar-refractivity contribution in [3.05, 3.63) is 29.8 Å². The second-order valence-electron chi connectivity index (χ2n) is 6.61. The Morgan fingerprint density at radius 2 is 1.94 bits per heavy atom. The minimum absolute atomic E-state index is 0.273. The molecule has 2 N–H and O–H groups in total. The summed E-state index contributed by atoms with van der Waals surface area (Å²) >= 11 is 0. The molecule has 1 aromatic rings. The van der Waals surface area contributed by atoms with Crippen LogP contribution in [0.25, 0.3) is 0 Å². The lowest BCUT2D eigenvalue weighted by Gasteiger charge is -2.18. The largest absolute Gasteiger partial charge is 0.381 e. The molecule has 18 heavy (non-hydrogen) atoms. The average molecular weight is 246 g/mol. The topological polar surface area (TPSA) is 24.1 Å². The van der Waals surface area contributed by atoms with Crippen molar-refractivity contribution in [2.45, 2.75) is 52.1 Å². The van der Waals surface area contributed by atoms with Crippen LogP contribution >= 0.6 is 0 Å². The molecule has 2 heteroatoms. The van der Waals surface area contributed by atoms with Gasteiger partial charge in [-0.15, -0.1) is 0 Å². The molecule has 1 unspecified atom stereocenters. The molecule has 0 aliphatic carbocycles. The number of anilines is 1. The van der Waals surface area contributed by atoms with Gasteiger partial charge in [-0.25, -0.2) is 0 Å². The van der Waals surface area contributed by atoms with Gasteiger partial charge in [0.2, 0.25) is 0 Å². The van der Waals surface area contributed by atoms with E-state index in [4.69, 9.17) is 0 Å². The first-order valence-electron chi connectivity index (χ1n) is 7.05. The maximum atomic E-state index is 3.61. The summed E-state index contributed by atoms with van der Waals surface area (Å²) < 4.78 is 0. The third-order valence-electron chi connectivity index (χ3n) is 3.55. The summed E-state index contributed by atoms with van der Waals surface area (Å²) in [6.45, 7) is 10.1. The summed E-state index contributed by atoms with van der Waals surface area (Å²) in [6.07, 6.45) is 2.35. The fraction of sp³-hybridized carbons (Fsp3) is 0.625. The summed E-state index contributed by atoms with van der Waals surface area (Å²) in [7, 11) is 0. The number of hydrogen-bond donors (Lipinski definition) is 2. The third kappa shape index (κ3) is 3.74. The summed E-state index contributed by atoms with van der Waals surface area (Å²) in [5.41, 5.74) is 2.95. The fourth-order valence-electron chi connectivity index (χ4n) is 2.71. The van der Waals surface area contributed by atoms with Gasteiger partial charge in [-0.2, -0.15) is 0 Å². The summed E-state index contributed by atoms with van der Waals surface area (Å²) in [6, 6.07) is 9.47. The van der Waals surface area contributed by atoms with E-state index in [-0.39, 0.29) is 5.54 Å². The number of hydrogen-bond acceptors (Lipinski definition) is 2. The lowest BCUT2D eigenvalue weighted by Crippen LogP contribution is -2.31. The third-order valence-corrected chi connectivity index (χ3v) is 3.55. The molecular weight excluding hydrogens is 220 g/mol. The molecule has 100 valence electrons. The second kappa shape index (κ2) is 5.31. The van der Waals surface area contributed by atoms with Crippen LogP contribution in [0.2, 0.25) is 0 Å². The van der Waals surface area contributed by atoms with Crippen molar-refractivity contribution < 1.29 is 0 Å². The van der Waals surface area contributed by atoms with E-state index in [0.717, 1.165) is 18.9 Å². The summed E-state index contributed by atoms with van der Waals surface area (Å²) in [4.78, 5) is 0. The highest BCUT2D eigenvalue weighted by Gasteiger charge is 2.29. The average Bonchev–Trinajstić information content (AvgIpc) is 2.60. The van der Waals surface area contributed by atoms with Crippen molar-refractivity contribution in [1.82, 2.24) is 5.32 Å². The van der Waals surface area contributed by atoms with Gasteiger partial charge in [-0.1, -0.05) is 26.0 Å². The zero-order valence-corrected chi connectivity index (χ0v) is 12.1. The monoisotopic (exact) mass is 246 g/mol. The minimum atomic E-state index is 0.273. The fourth-order valence-corrected chi connectivity index (χ4v) is 2.71. The Bertz CT molecular complexity index is 379. The van der Waals surface area contributed by atoms with Gasteiger partial charge in [0.25, 0.3) is 0 Å². The molecule has 1 saturated heterocycles. The van der Waals surface area contributed by atoms with E-state index >= 15 is 0 Å². The molecule has 0 spiro atoms. The first-order chi connectivity index (χ1) is 8.44. The van der Waals surface area contributed by atoms with E-state index in [1.54, 1.807) is 0 Å². The van der Waals surface area contributed by atoms with Crippen LogP contribution in [-0.2, 0) is 6.42 Å². The first kappa shape index (κ1) is 13.4. The SMILES string of the molecule is CC(C)Cc1ccc(NC2CNC(C)(C)C2)cc1. The van der Waals surface area contributed by atoms with E-state index in [1.807, 2.05) is 0 Å².